The minimum Gasteiger partial charge on any atom is -0.493 e. The highest BCUT2D eigenvalue weighted by molar-refractivity contribution is 7.07. The Hall–Kier alpha value is -4.40. The van der Waals surface area contributed by atoms with Crippen LogP contribution in [0.25, 0.3) is 11.6 Å². The quantitative estimate of drug-likeness (QED) is 0.384. The molecule has 11 heteroatoms. The number of amides is 1. The summed E-state index contributed by atoms with van der Waals surface area (Å²) in [4.78, 5) is 37.5. The number of methoxy groups -OCH3 is 3. The summed E-state index contributed by atoms with van der Waals surface area (Å²) < 4.78 is 17.8. The topological polar surface area (TPSA) is 140 Å². The predicted molar refractivity (Wildman–Crippen MR) is 138 cm³/mol. The van der Waals surface area contributed by atoms with Crippen LogP contribution in [0.2, 0.25) is 0 Å². The Bertz CT molecular complexity index is 1520. The molecule has 0 aliphatic heterocycles. The van der Waals surface area contributed by atoms with Crippen molar-refractivity contribution >= 4 is 40.5 Å². The first-order valence-corrected chi connectivity index (χ1v) is 11.9. The summed E-state index contributed by atoms with van der Waals surface area (Å²) in [5.74, 6) is -0.890. The van der Waals surface area contributed by atoms with Crippen LogP contribution in [0.3, 0.4) is 0 Å². The molecule has 0 saturated heterocycles. The number of benzene rings is 2. The summed E-state index contributed by atoms with van der Waals surface area (Å²) in [6, 6.07) is 12.7. The number of hydrogen-bond acceptors (Lipinski definition) is 8. The minimum absolute atomic E-state index is 0.0564. The highest BCUT2D eigenvalue weighted by Crippen LogP contribution is 2.30. The Morgan fingerprint density at radius 1 is 1.14 bits per heavy atom. The molecule has 3 rings (SSSR count). The van der Waals surface area contributed by atoms with Gasteiger partial charge in [-0.2, -0.15) is 5.26 Å². The number of para-hydroxylation sites is 1. The number of aromatic nitrogens is 1. The zero-order chi connectivity index (χ0) is 26.9. The van der Waals surface area contributed by atoms with Crippen molar-refractivity contribution in [1.29, 1.82) is 5.26 Å². The fourth-order valence-corrected chi connectivity index (χ4v) is 4.64. The van der Waals surface area contributed by atoms with Gasteiger partial charge in [0.15, 0.2) is 17.1 Å². The number of carboxylic acid groups (broad SMARTS) is 1. The molecule has 0 atom stereocenters. The van der Waals surface area contributed by atoms with E-state index in [-0.39, 0.29) is 27.9 Å². The van der Waals surface area contributed by atoms with E-state index in [0.717, 1.165) is 11.3 Å². The standard InChI is InChI=1S/C26H25N3O7S/c1-34-13-5-12-29-24(31)21(14-17-6-4-7-20(35-2)22(17)36-3)37-25(29)19(15-27)23(30)28-18-10-8-16(9-11-18)26(32)33/h4,6-11,14H,5,12-13H2,1-3H3,(H,28,30)(H,32,33)/b21-14+,25-19+. The van der Waals surface area contributed by atoms with Crippen LogP contribution in [0.5, 0.6) is 11.5 Å². The molecule has 0 aliphatic carbocycles. The van der Waals surface area contributed by atoms with Gasteiger partial charge in [-0.15, -0.1) is 11.3 Å². The molecule has 2 N–H and O–H groups in total. The molecule has 1 aromatic heterocycles. The largest absolute Gasteiger partial charge is 0.493 e. The Morgan fingerprint density at radius 3 is 2.46 bits per heavy atom. The van der Waals surface area contributed by atoms with E-state index >= 15 is 0 Å². The minimum atomic E-state index is -1.10. The third-order valence-electron chi connectivity index (χ3n) is 5.30. The lowest BCUT2D eigenvalue weighted by Gasteiger charge is -2.09. The lowest BCUT2D eigenvalue weighted by atomic mass is 10.2. The van der Waals surface area contributed by atoms with E-state index in [4.69, 9.17) is 19.3 Å². The van der Waals surface area contributed by atoms with E-state index < -0.39 is 11.9 Å². The van der Waals surface area contributed by atoms with Gasteiger partial charge in [0.1, 0.15) is 10.7 Å². The molecule has 0 spiro atoms. The molecule has 0 bridgehead atoms. The van der Waals surface area contributed by atoms with Crippen LogP contribution >= 0.6 is 11.3 Å². The Labute approximate surface area is 216 Å². The van der Waals surface area contributed by atoms with E-state index in [9.17, 15) is 19.6 Å². The lowest BCUT2D eigenvalue weighted by molar-refractivity contribution is -0.111. The van der Waals surface area contributed by atoms with Gasteiger partial charge < -0.3 is 24.6 Å². The molecule has 0 unspecified atom stereocenters. The van der Waals surface area contributed by atoms with Crippen LogP contribution in [0.4, 0.5) is 5.69 Å². The average Bonchev–Trinajstić information content (AvgIpc) is 3.19. The second-order valence-electron chi connectivity index (χ2n) is 7.63. The van der Waals surface area contributed by atoms with Gasteiger partial charge in [-0.25, -0.2) is 4.79 Å². The number of nitriles is 1. The predicted octanol–water partition coefficient (Wildman–Crippen LogP) is 1.80. The summed E-state index contributed by atoms with van der Waals surface area (Å²) in [5.41, 5.74) is 0.338. The molecule has 0 fully saturated rings. The summed E-state index contributed by atoms with van der Waals surface area (Å²) in [6.07, 6.45) is 2.11. The van der Waals surface area contributed by atoms with Crippen LogP contribution in [0.15, 0.2) is 47.3 Å². The van der Waals surface area contributed by atoms with Crippen molar-refractivity contribution in [2.24, 2.45) is 0 Å². The number of anilines is 1. The fraction of sp³-hybridized carbons (Fsp3) is 0.231. The first-order chi connectivity index (χ1) is 17.8. The van der Waals surface area contributed by atoms with Crippen LogP contribution in [0.1, 0.15) is 22.3 Å². The van der Waals surface area contributed by atoms with Gasteiger partial charge >= 0.3 is 5.97 Å². The number of nitrogens with zero attached hydrogens (tertiary/aromatic N) is 2. The number of thiazole rings is 1. The summed E-state index contributed by atoms with van der Waals surface area (Å²) >= 11 is 1.01. The van der Waals surface area contributed by atoms with E-state index in [1.54, 1.807) is 31.4 Å². The van der Waals surface area contributed by atoms with E-state index in [0.29, 0.717) is 40.3 Å². The third-order valence-corrected chi connectivity index (χ3v) is 6.43. The number of rotatable bonds is 10. The Balaban J connectivity index is 2.15. The second kappa shape index (κ2) is 12.5. The highest BCUT2D eigenvalue weighted by atomic mass is 32.1. The second-order valence-corrected chi connectivity index (χ2v) is 8.66. The van der Waals surface area contributed by atoms with Gasteiger partial charge in [0.05, 0.1) is 24.3 Å². The van der Waals surface area contributed by atoms with E-state index in [1.807, 2.05) is 6.07 Å². The molecule has 10 nitrogen and oxygen atoms in total. The smallest absolute Gasteiger partial charge is 0.335 e. The SMILES string of the molecule is COCCCn1c(=O)/c(=C\c2cccc(OC)c2OC)s/c1=C(\C#N)C(=O)Nc1ccc(C(=O)O)cc1. The Morgan fingerprint density at radius 2 is 1.86 bits per heavy atom. The molecule has 1 amide bonds. The van der Waals surface area contributed by atoms with Crippen LogP contribution < -0.4 is 29.5 Å². The zero-order valence-electron chi connectivity index (χ0n) is 20.4. The van der Waals surface area contributed by atoms with E-state index in [1.165, 1.54) is 43.1 Å². The fourth-order valence-electron chi connectivity index (χ4n) is 3.53. The third kappa shape index (κ3) is 6.24. The lowest BCUT2D eigenvalue weighted by Crippen LogP contribution is -2.34. The van der Waals surface area contributed by atoms with Crippen molar-refractivity contribution in [3.05, 3.63) is 73.1 Å². The van der Waals surface area contributed by atoms with Gasteiger partial charge in [0, 0.05) is 31.5 Å². The molecule has 1 heterocycles. The molecule has 0 aliphatic rings. The number of nitrogens with one attached hydrogen (secondary N) is 1. The van der Waals surface area contributed by atoms with Crippen LogP contribution in [0, 0.1) is 11.3 Å². The first kappa shape index (κ1) is 27.2. The first-order valence-electron chi connectivity index (χ1n) is 11.0. The van der Waals surface area contributed by atoms with Crippen molar-refractivity contribution in [3.63, 3.8) is 0 Å². The number of carbonyl (C=O) groups excluding carboxylic acids is 1. The average molecular weight is 524 g/mol. The van der Waals surface area contributed by atoms with Crippen LogP contribution in [-0.2, 0) is 16.1 Å². The number of hydrogen-bond donors (Lipinski definition) is 2. The van der Waals surface area contributed by atoms with Crippen molar-refractivity contribution in [3.8, 4) is 17.6 Å². The summed E-state index contributed by atoms with van der Waals surface area (Å²) in [5, 5.41) is 21.5. The van der Waals surface area contributed by atoms with Gasteiger partial charge in [0.2, 0.25) is 0 Å². The highest BCUT2D eigenvalue weighted by Gasteiger charge is 2.17. The monoisotopic (exact) mass is 523 g/mol. The maximum atomic E-state index is 13.4. The van der Waals surface area contributed by atoms with Gasteiger partial charge in [-0.1, -0.05) is 12.1 Å². The van der Waals surface area contributed by atoms with Crippen molar-refractivity contribution in [2.75, 3.05) is 33.3 Å². The number of carbonyl (C=O) groups is 2. The molecule has 37 heavy (non-hydrogen) atoms. The molecule has 3 aromatic rings. The van der Waals surface area contributed by atoms with Crippen molar-refractivity contribution < 1.29 is 28.9 Å². The van der Waals surface area contributed by atoms with E-state index in [2.05, 4.69) is 5.32 Å². The van der Waals surface area contributed by atoms with Crippen molar-refractivity contribution in [1.82, 2.24) is 4.57 Å². The maximum absolute atomic E-state index is 13.4. The number of carboxylic acids is 1. The molecule has 192 valence electrons. The maximum Gasteiger partial charge on any atom is 0.335 e. The van der Waals surface area contributed by atoms with Gasteiger partial charge in [-0.3, -0.25) is 14.2 Å². The normalized spacial score (nSPS) is 12.0. The summed E-state index contributed by atoms with van der Waals surface area (Å²) in [6.45, 7) is 0.613. The molecule has 2 aromatic carbocycles. The summed E-state index contributed by atoms with van der Waals surface area (Å²) in [7, 11) is 4.55. The molecular weight excluding hydrogens is 498 g/mol. The molecule has 0 radical (unpaired) electrons. The molecular formula is C26H25N3O7S. The van der Waals surface area contributed by atoms with Gasteiger partial charge in [-0.05, 0) is 42.8 Å². The van der Waals surface area contributed by atoms with Gasteiger partial charge in [0.25, 0.3) is 11.5 Å². The van der Waals surface area contributed by atoms with Crippen molar-refractivity contribution in [2.45, 2.75) is 13.0 Å². The number of aromatic carboxylic acids is 1. The zero-order valence-corrected chi connectivity index (χ0v) is 21.3. The Kier molecular flexibility index (Phi) is 9.21. The number of ether oxygens (including phenoxy) is 3. The molecule has 0 saturated carbocycles. The van der Waals surface area contributed by atoms with Crippen LogP contribution in [-0.4, -0.2) is 49.5 Å².